The minimum absolute atomic E-state index is 0.164. The first-order valence-electron chi connectivity index (χ1n) is 8.69. The number of benzene rings is 1. The highest BCUT2D eigenvalue weighted by atomic mass is 32.2. The number of alkyl halides is 3. The molecular formula is C17H23F3N2O4S. The van der Waals surface area contributed by atoms with E-state index in [4.69, 9.17) is 5.11 Å². The van der Waals surface area contributed by atoms with E-state index < -0.39 is 40.4 Å². The molecule has 1 fully saturated rings. The molecule has 1 aromatic carbocycles. The van der Waals surface area contributed by atoms with Crippen LogP contribution in [0.2, 0.25) is 0 Å². The number of rotatable bonds is 10. The zero-order valence-electron chi connectivity index (χ0n) is 14.9. The van der Waals surface area contributed by atoms with Gasteiger partial charge in [0.25, 0.3) is 10.2 Å². The second kappa shape index (κ2) is 8.57. The number of aliphatic carboxylic acids is 1. The van der Waals surface area contributed by atoms with Gasteiger partial charge in [-0.25, -0.2) is 0 Å². The smallest absolute Gasteiger partial charge is 0.416 e. The first-order valence-corrected chi connectivity index (χ1v) is 10.1. The molecule has 0 saturated heterocycles. The second-order valence-corrected chi connectivity index (χ2v) is 8.40. The Kier molecular flexibility index (Phi) is 6.87. The summed E-state index contributed by atoms with van der Waals surface area (Å²) in [5.41, 5.74) is -0.721. The number of carboxylic acid groups (broad SMARTS) is 1. The van der Waals surface area contributed by atoms with E-state index in [2.05, 4.69) is 4.72 Å². The summed E-state index contributed by atoms with van der Waals surface area (Å²) >= 11 is 0. The molecule has 0 amide bonds. The van der Waals surface area contributed by atoms with Gasteiger partial charge in [0.05, 0.1) is 18.0 Å². The predicted octanol–water partition coefficient (Wildman–Crippen LogP) is 3.18. The van der Waals surface area contributed by atoms with Crippen LogP contribution in [0.4, 0.5) is 13.2 Å². The molecule has 6 nitrogen and oxygen atoms in total. The molecule has 1 unspecified atom stereocenters. The van der Waals surface area contributed by atoms with Crippen molar-refractivity contribution in [2.24, 2.45) is 5.92 Å². The van der Waals surface area contributed by atoms with Gasteiger partial charge in [0.15, 0.2) is 0 Å². The molecule has 0 spiro atoms. The van der Waals surface area contributed by atoms with Crippen LogP contribution in [0.1, 0.15) is 49.8 Å². The number of nitrogens with zero attached hydrogens (tertiary/aromatic N) is 1. The number of carboxylic acids is 1. The van der Waals surface area contributed by atoms with Gasteiger partial charge in [0.2, 0.25) is 0 Å². The summed E-state index contributed by atoms with van der Waals surface area (Å²) in [6.07, 6.45) is -2.60. The van der Waals surface area contributed by atoms with Crippen LogP contribution in [0.5, 0.6) is 0 Å². The third-order valence-corrected chi connectivity index (χ3v) is 5.88. The average molecular weight is 408 g/mol. The van der Waals surface area contributed by atoms with Crippen LogP contribution in [0.25, 0.3) is 0 Å². The van der Waals surface area contributed by atoms with Gasteiger partial charge in [-0.3, -0.25) is 4.79 Å². The minimum atomic E-state index is -4.53. The molecule has 0 aromatic heterocycles. The van der Waals surface area contributed by atoms with Gasteiger partial charge in [-0.2, -0.15) is 30.6 Å². The molecule has 10 heteroatoms. The maximum atomic E-state index is 12.7. The fourth-order valence-corrected chi connectivity index (χ4v) is 4.27. The molecule has 0 aliphatic heterocycles. The largest absolute Gasteiger partial charge is 0.481 e. The fourth-order valence-electron chi connectivity index (χ4n) is 2.71. The molecule has 1 saturated carbocycles. The standard InChI is InChI=1S/C17H23F3N2O4S/c1-2-9-22(11-12-3-4-12)27(25,26)21-15(10-16(23)24)13-5-7-14(8-6-13)17(18,19)20/h5-8,12,15,21H,2-4,9-11H2,1H3,(H,23,24). The lowest BCUT2D eigenvalue weighted by molar-refractivity contribution is -0.138. The SMILES string of the molecule is CCCN(CC1CC1)S(=O)(=O)NC(CC(=O)O)c1ccc(C(F)(F)F)cc1. The Morgan fingerprint density at radius 3 is 2.33 bits per heavy atom. The minimum Gasteiger partial charge on any atom is -0.481 e. The van der Waals surface area contributed by atoms with Crippen molar-refractivity contribution < 1.29 is 31.5 Å². The van der Waals surface area contributed by atoms with Crippen LogP contribution in [0.3, 0.4) is 0 Å². The normalized spacial score (nSPS) is 16.5. The van der Waals surface area contributed by atoms with Gasteiger partial charge in [-0.05, 0) is 42.9 Å². The molecule has 1 aliphatic rings. The Morgan fingerprint density at radius 2 is 1.89 bits per heavy atom. The monoisotopic (exact) mass is 408 g/mol. The first-order chi connectivity index (χ1) is 12.5. The lowest BCUT2D eigenvalue weighted by Gasteiger charge is -2.25. The summed E-state index contributed by atoms with van der Waals surface area (Å²) in [5, 5.41) is 9.09. The van der Waals surface area contributed by atoms with Gasteiger partial charge in [0.1, 0.15) is 0 Å². The fraction of sp³-hybridized carbons (Fsp3) is 0.588. The topological polar surface area (TPSA) is 86.7 Å². The Morgan fingerprint density at radius 1 is 1.30 bits per heavy atom. The van der Waals surface area contributed by atoms with E-state index in [1.165, 1.54) is 4.31 Å². The number of nitrogens with one attached hydrogen (secondary N) is 1. The van der Waals surface area contributed by atoms with Crippen LogP contribution in [0, 0.1) is 5.92 Å². The van der Waals surface area contributed by atoms with Gasteiger partial charge in [-0.15, -0.1) is 0 Å². The molecule has 152 valence electrons. The summed E-state index contributed by atoms with van der Waals surface area (Å²) in [7, 11) is -3.97. The molecule has 0 heterocycles. The van der Waals surface area contributed by atoms with Crippen molar-refractivity contribution in [3.63, 3.8) is 0 Å². The van der Waals surface area contributed by atoms with Crippen LogP contribution >= 0.6 is 0 Å². The van der Waals surface area contributed by atoms with Crippen LogP contribution < -0.4 is 4.72 Å². The quantitative estimate of drug-likeness (QED) is 0.623. The molecular weight excluding hydrogens is 385 g/mol. The van der Waals surface area contributed by atoms with E-state index in [1.807, 2.05) is 6.92 Å². The lowest BCUT2D eigenvalue weighted by atomic mass is 10.0. The van der Waals surface area contributed by atoms with Crippen molar-refractivity contribution in [2.45, 2.75) is 44.8 Å². The molecule has 27 heavy (non-hydrogen) atoms. The molecule has 0 radical (unpaired) electrons. The molecule has 0 bridgehead atoms. The Balaban J connectivity index is 2.23. The Bertz CT molecular complexity index is 746. The van der Waals surface area contributed by atoms with E-state index in [-0.39, 0.29) is 5.56 Å². The van der Waals surface area contributed by atoms with Crippen molar-refractivity contribution in [3.05, 3.63) is 35.4 Å². The number of halogens is 3. The molecule has 2 N–H and O–H groups in total. The number of carbonyl (C=O) groups is 1. The predicted molar refractivity (Wildman–Crippen MR) is 93.1 cm³/mol. The average Bonchev–Trinajstić information content (AvgIpc) is 3.36. The van der Waals surface area contributed by atoms with Gasteiger partial charge < -0.3 is 5.11 Å². The van der Waals surface area contributed by atoms with Crippen molar-refractivity contribution in [2.75, 3.05) is 13.1 Å². The summed E-state index contributed by atoms with van der Waals surface area (Å²) < 4.78 is 67.2. The first kappa shape index (κ1) is 21.6. The van der Waals surface area contributed by atoms with E-state index in [0.29, 0.717) is 25.4 Å². The second-order valence-electron chi connectivity index (χ2n) is 6.69. The van der Waals surface area contributed by atoms with E-state index in [1.54, 1.807) is 0 Å². The van der Waals surface area contributed by atoms with Crippen molar-refractivity contribution in [1.29, 1.82) is 0 Å². The van der Waals surface area contributed by atoms with Gasteiger partial charge in [-0.1, -0.05) is 19.1 Å². The highest BCUT2D eigenvalue weighted by Crippen LogP contribution is 2.32. The molecule has 1 aromatic rings. The Labute approximate surface area is 156 Å². The highest BCUT2D eigenvalue weighted by Gasteiger charge is 2.33. The van der Waals surface area contributed by atoms with Gasteiger partial charge in [0, 0.05) is 13.1 Å². The summed E-state index contributed by atoms with van der Waals surface area (Å²) in [4.78, 5) is 11.1. The highest BCUT2D eigenvalue weighted by molar-refractivity contribution is 7.87. The molecule has 2 rings (SSSR count). The molecule has 1 aliphatic carbocycles. The zero-order valence-corrected chi connectivity index (χ0v) is 15.7. The number of hydrogen-bond donors (Lipinski definition) is 2. The van der Waals surface area contributed by atoms with E-state index >= 15 is 0 Å². The lowest BCUT2D eigenvalue weighted by Crippen LogP contribution is -2.44. The maximum absolute atomic E-state index is 12.7. The van der Waals surface area contributed by atoms with Crippen molar-refractivity contribution in [1.82, 2.24) is 9.03 Å². The van der Waals surface area contributed by atoms with Crippen LogP contribution in [-0.2, 0) is 21.2 Å². The summed E-state index contributed by atoms with van der Waals surface area (Å²) in [6.45, 7) is 2.48. The number of hydrogen-bond acceptors (Lipinski definition) is 3. The van der Waals surface area contributed by atoms with Crippen LogP contribution in [0.15, 0.2) is 24.3 Å². The third kappa shape index (κ3) is 6.47. The van der Waals surface area contributed by atoms with Crippen molar-refractivity contribution >= 4 is 16.2 Å². The Hall–Kier alpha value is -1.65. The summed E-state index contributed by atoms with van der Waals surface area (Å²) in [5.74, 6) is -0.955. The van der Waals surface area contributed by atoms with E-state index in [0.717, 1.165) is 37.1 Å². The van der Waals surface area contributed by atoms with Gasteiger partial charge >= 0.3 is 12.1 Å². The third-order valence-electron chi connectivity index (χ3n) is 4.28. The van der Waals surface area contributed by atoms with Crippen LogP contribution in [-0.4, -0.2) is 36.9 Å². The van der Waals surface area contributed by atoms with E-state index in [9.17, 15) is 26.4 Å². The summed E-state index contributed by atoms with van der Waals surface area (Å²) in [6, 6.07) is 2.67. The zero-order chi connectivity index (χ0) is 20.2. The maximum Gasteiger partial charge on any atom is 0.416 e. The van der Waals surface area contributed by atoms with Crippen molar-refractivity contribution in [3.8, 4) is 0 Å². The molecule has 1 atom stereocenters.